The summed E-state index contributed by atoms with van der Waals surface area (Å²) in [6, 6.07) is 2.62. The lowest BCUT2D eigenvalue weighted by molar-refractivity contribution is -0.385. The first kappa shape index (κ1) is 18.2. The summed E-state index contributed by atoms with van der Waals surface area (Å²) in [7, 11) is 0. The Hall–Kier alpha value is -3.10. The van der Waals surface area contributed by atoms with Crippen LogP contribution in [0.15, 0.2) is 18.2 Å². The number of hydrogen-bond acceptors (Lipinski definition) is 7. The van der Waals surface area contributed by atoms with Gasteiger partial charge in [0, 0.05) is 12.1 Å². The molecule has 0 saturated carbocycles. The number of nitro groups is 1. The highest BCUT2D eigenvalue weighted by molar-refractivity contribution is 5.90. The fourth-order valence-electron chi connectivity index (χ4n) is 2.00. The van der Waals surface area contributed by atoms with Gasteiger partial charge in [-0.25, -0.2) is 4.79 Å². The second-order valence-electron chi connectivity index (χ2n) is 5.34. The number of nitrogens with one attached hydrogen (secondary N) is 1. The zero-order valence-electron chi connectivity index (χ0n) is 13.8. The second kappa shape index (κ2) is 8.13. The van der Waals surface area contributed by atoms with E-state index in [1.807, 2.05) is 13.8 Å². The zero-order chi connectivity index (χ0) is 18.4. The molecule has 25 heavy (non-hydrogen) atoms. The molecule has 1 aromatic rings. The molecule has 0 saturated heterocycles. The van der Waals surface area contributed by atoms with Crippen molar-refractivity contribution in [1.82, 2.24) is 5.32 Å². The van der Waals surface area contributed by atoms with Gasteiger partial charge in [0.05, 0.1) is 16.6 Å². The Morgan fingerprint density at radius 2 is 2.08 bits per heavy atom. The molecule has 0 radical (unpaired) electrons. The van der Waals surface area contributed by atoms with Crippen molar-refractivity contribution in [3.05, 3.63) is 33.9 Å². The Morgan fingerprint density at radius 1 is 1.40 bits per heavy atom. The van der Waals surface area contributed by atoms with E-state index in [-0.39, 0.29) is 29.8 Å². The van der Waals surface area contributed by atoms with Crippen molar-refractivity contribution in [1.29, 1.82) is 0 Å². The van der Waals surface area contributed by atoms with Gasteiger partial charge in [0.25, 0.3) is 11.6 Å². The molecular formula is C16H18N2O7. The van der Waals surface area contributed by atoms with Gasteiger partial charge >= 0.3 is 5.97 Å². The smallest absolute Gasteiger partial charge is 0.331 e. The SMILES string of the molecule is CC[C@H](C)NC(=O)COC(=O)/C=C/c1cc2c(cc1[N+](=O)[O-])OCO2. The first-order chi connectivity index (χ1) is 11.9. The van der Waals surface area contributed by atoms with Crippen LogP contribution in [0.5, 0.6) is 11.5 Å². The third-order valence-electron chi connectivity index (χ3n) is 3.48. The van der Waals surface area contributed by atoms with Gasteiger partial charge in [0.1, 0.15) is 0 Å². The van der Waals surface area contributed by atoms with E-state index < -0.39 is 23.4 Å². The monoisotopic (exact) mass is 350 g/mol. The molecule has 1 atom stereocenters. The highest BCUT2D eigenvalue weighted by Crippen LogP contribution is 2.38. The molecule has 0 fully saturated rings. The van der Waals surface area contributed by atoms with Crippen LogP contribution in [0.3, 0.4) is 0 Å². The number of carbonyl (C=O) groups excluding carboxylic acids is 2. The van der Waals surface area contributed by atoms with Gasteiger partial charge in [0.2, 0.25) is 6.79 Å². The fraction of sp³-hybridized carbons (Fsp3) is 0.375. The van der Waals surface area contributed by atoms with Crippen LogP contribution in [0.1, 0.15) is 25.8 Å². The van der Waals surface area contributed by atoms with Crippen molar-refractivity contribution in [3.63, 3.8) is 0 Å². The normalized spacial score (nSPS) is 13.5. The predicted octanol–water partition coefficient (Wildman–Crippen LogP) is 1.79. The standard InChI is InChI=1S/C16H18N2O7/c1-3-10(2)17-15(19)8-23-16(20)5-4-11-6-13-14(25-9-24-13)7-12(11)18(21)22/h4-7,10H,3,8-9H2,1-2H3,(H,17,19)/b5-4+/t10-/m0/s1. The first-order valence-electron chi connectivity index (χ1n) is 7.63. The summed E-state index contributed by atoms with van der Waals surface area (Å²) < 4.78 is 15.0. The van der Waals surface area contributed by atoms with E-state index in [4.69, 9.17) is 14.2 Å². The van der Waals surface area contributed by atoms with Crippen LogP contribution < -0.4 is 14.8 Å². The molecule has 1 aliphatic rings. The highest BCUT2D eigenvalue weighted by Gasteiger charge is 2.22. The van der Waals surface area contributed by atoms with E-state index >= 15 is 0 Å². The molecule has 9 heteroatoms. The average Bonchev–Trinajstić information content (AvgIpc) is 3.04. The summed E-state index contributed by atoms with van der Waals surface area (Å²) >= 11 is 0. The number of benzene rings is 1. The Bertz CT molecular complexity index is 715. The molecule has 2 rings (SSSR count). The van der Waals surface area contributed by atoms with E-state index in [0.29, 0.717) is 5.75 Å². The van der Waals surface area contributed by atoms with Gasteiger partial charge in [-0.3, -0.25) is 14.9 Å². The number of fused-ring (bicyclic) bond motifs is 1. The summed E-state index contributed by atoms with van der Waals surface area (Å²) in [5, 5.41) is 13.8. The van der Waals surface area contributed by atoms with Crippen LogP contribution >= 0.6 is 0 Å². The van der Waals surface area contributed by atoms with Crippen LogP contribution in [-0.4, -0.2) is 36.2 Å². The maximum absolute atomic E-state index is 11.7. The molecule has 1 aliphatic heterocycles. The zero-order valence-corrected chi connectivity index (χ0v) is 13.8. The number of nitro benzene ring substituents is 1. The molecule has 1 N–H and O–H groups in total. The van der Waals surface area contributed by atoms with E-state index in [1.54, 1.807) is 0 Å². The molecule has 0 unspecified atom stereocenters. The van der Waals surface area contributed by atoms with Gasteiger partial charge in [-0.05, 0) is 25.5 Å². The van der Waals surface area contributed by atoms with Gasteiger partial charge in [-0.2, -0.15) is 0 Å². The summed E-state index contributed by atoms with van der Waals surface area (Å²) in [6.45, 7) is 3.31. The van der Waals surface area contributed by atoms with E-state index in [2.05, 4.69) is 5.32 Å². The molecule has 1 amide bonds. The van der Waals surface area contributed by atoms with Crippen LogP contribution in [0.25, 0.3) is 6.08 Å². The third kappa shape index (κ3) is 4.93. The minimum atomic E-state index is -0.786. The minimum absolute atomic E-state index is 0.0157. The second-order valence-corrected chi connectivity index (χ2v) is 5.34. The summed E-state index contributed by atoms with van der Waals surface area (Å²) in [6.07, 6.45) is 3.00. The Kier molecular flexibility index (Phi) is 5.93. The number of rotatable bonds is 7. The number of esters is 1. The molecule has 134 valence electrons. The van der Waals surface area contributed by atoms with Crippen molar-refractivity contribution in [2.75, 3.05) is 13.4 Å². The van der Waals surface area contributed by atoms with E-state index in [9.17, 15) is 19.7 Å². The van der Waals surface area contributed by atoms with Gasteiger partial charge in [0.15, 0.2) is 18.1 Å². The van der Waals surface area contributed by atoms with Crippen LogP contribution in [0, 0.1) is 10.1 Å². The molecule has 0 aromatic heterocycles. The maximum atomic E-state index is 11.7. The van der Waals surface area contributed by atoms with Crippen LogP contribution in [-0.2, 0) is 14.3 Å². The van der Waals surface area contributed by atoms with Gasteiger partial charge in [-0.15, -0.1) is 0 Å². The predicted molar refractivity (Wildman–Crippen MR) is 87.1 cm³/mol. The summed E-state index contributed by atoms with van der Waals surface area (Å²) in [5.41, 5.74) is -0.0712. The van der Waals surface area contributed by atoms with Gasteiger partial charge in [-0.1, -0.05) is 6.92 Å². The number of nitrogens with zero attached hydrogens (tertiary/aromatic N) is 1. The lowest BCUT2D eigenvalue weighted by Gasteiger charge is -2.10. The van der Waals surface area contributed by atoms with Gasteiger partial charge < -0.3 is 19.5 Å². The molecule has 0 bridgehead atoms. The lowest BCUT2D eigenvalue weighted by Crippen LogP contribution is -2.35. The fourth-order valence-corrected chi connectivity index (χ4v) is 2.00. The quantitative estimate of drug-likeness (QED) is 0.345. The average molecular weight is 350 g/mol. The van der Waals surface area contributed by atoms with Crippen molar-refractivity contribution in [2.45, 2.75) is 26.3 Å². The van der Waals surface area contributed by atoms with E-state index in [1.165, 1.54) is 18.2 Å². The number of hydrogen-bond donors (Lipinski definition) is 1. The van der Waals surface area contributed by atoms with Crippen molar-refractivity contribution < 1.29 is 28.7 Å². The number of amides is 1. The lowest BCUT2D eigenvalue weighted by atomic mass is 10.1. The van der Waals surface area contributed by atoms with Crippen molar-refractivity contribution in [3.8, 4) is 11.5 Å². The molecule has 0 spiro atoms. The van der Waals surface area contributed by atoms with Crippen LogP contribution in [0.2, 0.25) is 0 Å². The highest BCUT2D eigenvalue weighted by atomic mass is 16.7. The molecular weight excluding hydrogens is 332 g/mol. The third-order valence-corrected chi connectivity index (χ3v) is 3.48. The number of carbonyl (C=O) groups is 2. The summed E-state index contributed by atoms with van der Waals surface area (Å²) in [4.78, 5) is 33.7. The Labute approximate surface area is 143 Å². The molecule has 1 heterocycles. The maximum Gasteiger partial charge on any atom is 0.331 e. The Balaban J connectivity index is 2.00. The topological polar surface area (TPSA) is 117 Å². The summed E-state index contributed by atoms with van der Waals surface area (Å²) in [5.74, 6) is -0.573. The van der Waals surface area contributed by atoms with Crippen molar-refractivity contribution in [2.24, 2.45) is 0 Å². The van der Waals surface area contributed by atoms with E-state index in [0.717, 1.165) is 12.5 Å². The molecule has 0 aliphatic carbocycles. The first-order valence-corrected chi connectivity index (χ1v) is 7.63. The molecule has 1 aromatic carbocycles. The largest absolute Gasteiger partial charge is 0.454 e. The molecule has 9 nitrogen and oxygen atoms in total. The van der Waals surface area contributed by atoms with Crippen LogP contribution in [0.4, 0.5) is 5.69 Å². The minimum Gasteiger partial charge on any atom is -0.454 e. The number of ether oxygens (including phenoxy) is 3. The Morgan fingerprint density at radius 3 is 2.72 bits per heavy atom. The van der Waals surface area contributed by atoms with Crippen molar-refractivity contribution >= 4 is 23.6 Å².